The zero-order chi connectivity index (χ0) is 21.1. The largest absolute Gasteiger partial charge is 0.352 e. The van der Waals surface area contributed by atoms with Crippen LogP contribution in [-0.4, -0.2) is 41.2 Å². The first kappa shape index (κ1) is 20.1. The summed E-state index contributed by atoms with van der Waals surface area (Å²) in [5, 5.41) is 5.67. The molecule has 2 aromatic rings. The van der Waals surface area contributed by atoms with Crippen LogP contribution in [0, 0.1) is 0 Å². The molecule has 1 aliphatic carbocycles. The zero-order valence-electron chi connectivity index (χ0n) is 17.1. The number of nitrogens with zero attached hydrogens (tertiary/aromatic N) is 1. The van der Waals surface area contributed by atoms with E-state index in [9.17, 15) is 14.4 Å². The summed E-state index contributed by atoms with van der Waals surface area (Å²) in [5.41, 5.74) is 2.55. The van der Waals surface area contributed by atoms with Crippen LogP contribution in [0.1, 0.15) is 53.7 Å². The van der Waals surface area contributed by atoms with Gasteiger partial charge in [0.05, 0.1) is 6.54 Å². The molecule has 2 unspecified atom stereocenters. The van der Waals surface area contributed by atoms with Crippen molar-refractivity contribution in [2.75, 3.05) is 6.54 Å². The molecule has 0 aromatic heterocycles. The fourth-order valence-electron chi connectivity index (χ4n) is 4.02. The number of fused-ring (bicyclic) bond motifs is 1. The highest BCUT2D eigenvalue weighted by Gasteiger charge is 2.47. The molecule has 6 heteroatoms. The highest BCUT2D eigenvalue weighted by atomic mass is 16.2. The smallest absolute Gasteiger partial charge is 0.255 e. The van der Waals surface area contributed by atoms with Crippen LogP contribution in [0.15, 0.2) is 54.6 Å². The number of carbonyl (C=O) groups is 3. The first-order valence-electron chi connectivity index (χ1n) is 10.6. The second kappa shape index (κ2) is 8.69. The van der Waals surface area contributed by atoms with Gasteiger partial charge in [-0.05, 0) is 49.8 Å². The SMILES string of the molecule is CC(CCc1ccccc1)NC(=O)CNC(=O)C1c2ccccc2C(=O)N1C1CC1. The lowest BCUT2D eigenvalue weighted by Crippen LogP contribution is -2.45. The number of aryl methyl sites for hydroxylation is 1. The fraction of sp³-hybridized carbons (Fsp3) is 0.375. The molecule has 4 rings (SSSR count). The van der Waals surface area contributed by atoms with Gasteiger partial charge in [-0.15, -0.1) is 0 Å². The lowest BCUT2D eigenvalue weighted by Gasteiger charge is -2.24. The Morgan fingerprint density at radius 3 is 2.50 bits per heavy atom. The highest BCUT2D eigenvalue weighted by molar-refractivity contribution is 6.05. The van der Waals surface area contributed by atoms with Crippen LogP contribution in [0.4, 0.5) is 0 Å². The predicted molar refractivity (Wildman–Crippen MR) is 114 cm³/mol. The van der Waals surface area contributed by atoms with E-state index in [-0.39, 0.29) is 36.3 Å². The lowest BCUT2D eigenvalue weighted by molar-refractivity contribution is -0.129. The average molecular weight is 405 g/mol. The van der Waals surface area contributed by atoms with Crippen LogP contribution in [0.3, 0.4) is 0 Å². The molecule has 1 aliphatic heterocycles. The Hall–Kier alpha value is -3.15. The maximum atomic E-state index is 12.9. The van der Waals surface area contributed by atoms with E-state index in [1.807, 2.05) is 43.3 Å². The number of nitrogens with one attached hydrogen (secondary N) is 2. The third kappa shape index (κ3) is 4.37. The van der Waals surface area contributed by atoms with Gasteiger partial charge in [0.25, 0.3) is 5.91 Å². The normalized spacial score (nSPS) is 18.6. The summed E-state index contributed by atoms with van der Waals surface area (Å²) in [5.74, 6) is -0.612. The van der Waals surface area contributed by atoms with Gasteiger partial charge in [0.1, 0.15) is 6.04 Å². The monoisotopic (exact) mass is 405 g/mol. The van der Waals surface area contributed by atoms with Gasteiger partial charge in [-0.2, -0.15) is 0 Å². The Morgan fingerprint density at radius 2 is 1.77 bits per heavy atom. The molecule has 0 radical (unpaired) electrons. The number of hydrogen-bond donors (Lipinski definition) is 2. The Labute approximate surface area is 176 Å². The van der Waals surface area contributed by atoms with E-state index in [4.69, 9.17) is 0 Å². The molecule has 156 valence electrons. The molecule has 6 nitrogen and oxygen atoms in total. The molecule has 2 N–H and O–H groups in total. The Balaban J connectivity index is 1.30. The molecule has 2 aromatic carbocycles. The van der Waals surface area contributed by atoms with Crippen LogP contribution in [0.2, 0.25) is 0 Å². The molecule has 0 bridgehead atoms. The van der Waals surface area contributed by atoms with Crippen LogP contribution in [0.25, 0.3) is 0 Å². The number of rotatable bonds is 8. The minimum Gasteiger partial charge on any atom is -0.352 e. The first-order valence-corrected chi connectivity index (χ1v) is 10.6. The topological polar surface area (TPSA) is 78.5 Å². The van der Waals surface area contributed by atoms with Gasteiger partial charge in [-0.25, -0.2) is 0 Å². The zero-order valence-corrected chi connectivity index (χ0v) is 17.1. The molecule has 1 heterocycles. The standard InChI is InChI=1S/C24H27N3O3/c1-16(11-12-17-7-3-2-4-8-17)26-21(28)15-25-23(29)22-19-9-5-6-10-20(19)24(30)27(22)18-13-14-18/h2-10,16,18,22H,11-15H2,1H3,(H,25,29)(H,26,28). The molecule has 2 atom stereocenters. The van der Waals surface area contributed by atoms with E-state index in [0.29, 0.717) is 5.56 Å². The predicted octanol–water partition coefficient (Wildman–Crippen LogP) is 2.60. The summed E-state index contributed by atoms with van der Waals surface area (Å²) in [6, 6.07) is 16.8. The number of carbonyl (C=O) groups excluding carboxylic acids is 3. The number of amides is 3. The summed E-state index contributed by atoms with van der Waals surface area (Å²) in [7, 11) is 0. The van der Waals surface area contributed by atoms with Crippen molar-refractivity contribution in [2.45, 2.75) is 50.7 Å². The van der Waals surface area contributed by atoms with Crippen molar-refractivity contribution in [1.82, 2.24) is 15.5 Å². The second-order valence-corrected chi connectivity index (χ2v) is 8.14. The summed E-state index contributed by atoms with van der Waals surface area (Å²) in [6.07, 6.45) is 3.54. The Kier molecular flexibility index (Phi) is 5.84. The van der Waals surface area contributed by atoms with Gasteiger partial charge in [-0.1, -0.05) is 48.5 Å². The van der Waals surface area contributed by atoms with Gasteiger partial charge in [0.2, 0.25) is 11.8 Å². The first-order chi connectivity index (χ1) is 14.5. The highest BCUT2D eigenvalue weighted by Crippen LogP contribution is 2.41. The quantitative estimate of drug-likeness (QED) is 0.709. The molecular weight excluding hydrogens is 378 g/mol. The van der Waals surface area contributed by atoms with Gasteiger partial charge >= 0.3 is 0 Å². The minimum atomic E-state index is -0.649. The molecule has 0 spiro atoms. The summed E-state index contributed by atoms with van der Waals surface area (Å²) in [6.45, 7) is 1.86. The van der Waals surface area contributed by atoms with Crippen LogP contribution < -0.4 is 10.6 Å². The Bertz CT molecular complexity index is 940. The summed E-state index contributed by atoms with van der Waals surface area (Å²) in [4.78, 5) is 39.6. The van der Waals surface area contributed by atoms with Crippen molar-refractivity contribution in [3.8, 4) is 0 Å². The van der Waals surface area contributed by atoms with Gasteiger partial charge in [0, 0.05) is 17.6 Å². The van der Waals surface area contributed by atoms with Crippen molar-refractivity contribution >= 4 is 17.7 Å². The Morgan fingerprint density at radius 1 is 1.07 bits per heavy atom. The van der Waals surface area contributed by atoms with E-state index >= 15 is 0 Å². The molecule has 30 heavy (non-hydrogen) atoms. The van der Waals surface area contributed by atoms with Crippen molar-refractivity contribution < 1.29 is 14.4 Å². The van der Waals surface area contributed by atoms with E-state index in [2.05, 4.69) is 22.8 Å². The van der Waals surface area contributed by atoms with E-state index in [1.54, 1.807) is 11.0 Å². The van der Waals surface area contributed by atoms with Gasteiger partial charge < -0.3 is 15.5 Å². The molecule has 0 saturated heterocycles. The van der Waals surface area contributed by atoms with Gasteiger partial charge in [-0.3, -0.25) is 14.4 Å². The van der Waals surface area contributed by atoms with Crippen LogP contribution >= 0.6 is 0 Å². The number of hydrogen-bond acceptors (Lipinski definition) is 3. The maximum absolute atomic E-state index is 12.9. The van der Waals surface area contributed by atoms with E-state index < -0.39 is 6.04 Å². The maximum Gasteiger partial charge on any atom is 0.255 e. The van der Waals surface area contributed by atoms with Crippen molar-refractivity contribution in [2.24, 2.45) is 0 Å². The molecule has 2 aliphatic rings. The fourth-order valence-corrected chi connectivity index (χ4v) is 4.02. The molecule has 1 fully saturated rings. The summed E-state index contributed by atoms with van der Waals surface area (Å²) < 4.78 is 0. The number of benzene rings is 2. The molecule has 3 amide bonds. The van der Waals surface area contributed by atoms with E-state index in [1.165, 1.54) is 5.56 Å². The third-order valence-electron chi connectivity index (χ3n) is 5.73. The van der Waals surface area contributed by atoms with Crippen molar-refractivity contribution in [3.05, 3.63) is 71.3 Å². The lowest BCUT2D eigenvalue weighted by atomic mass is 10.0. The van der Waals surface area contributed by atoms with E-state index in [0.717, 1.165) is 31.2 Å². The second-order valence-electron chi connectivity index (χ2n) is 8.14. The van der Waals surface area contributed by atoms with Crippen LogP contribution in [-0.2, 0) is 16.0 Å². The minimum absolute atomic E-state index is 0.00588. The third-order valence-corrected chi connectivity index (χ3v) is 5.73. The summed E-state index contributed by atoms with van der Waals surface area (Å²) >= 11 is 0. The van der Waals surface area contributed by atoms with Crippen molar-refractivity contribution in [3.63, 3.8) is 0 Å². The van der Waals surface area contributed by atoms with Crippen LogP contribution in [0.5, 0.6) is 0 Å². The average Bonchev–Trinajstić information content (AvgIpc) is 3.55. The van der Waals surface area contributed by atoms with Crippen molar-refractivity contribution in [1.29, 1.82) is 0 Å². The molecule has 1 saturated carbocycles. The van der Waals surface area contributed by atoms with Gasteiger partial charge in [0.15, 0.2) is 0 Å². The molecular formula is C24H27N3O3.